The zero-order valence-electron chi connectivity index (χ0n) is 12.0. The quantitative estimate of drug-likeness (QED) is 0.849. The van der Waals surface area contributed by atoms with Gasteiger partial charge in [0.05, 0.1) is 21.9 Å². The van der Waals surface area contributed by atoms with E-state index in [0.717, 1.165) is 39.9 Å². The predicted octanol–water partition coefficient (Wildman–Crippen LogP) is 2.24. The van der Waals surface area contributed by atoms with E-state index in [1.165, 1.54) is 11.3 Å². The Morgan fingerprint density at radius 2 is 2.27 bits per heavy atom. The molecule has 3 rings (SSSR count). The molecule has 0 radical (unpaired) electrons. The highest BCUT2D eigenvalue weighted by Gasteiger charge is 2.26. The number of fused-ring (bicyclic) bond motifs is 1. The molecule has 0 unspecified atom stereocenters. The molecule has 2 heterocycles. The van der Waals surface area contributed by atoms with Crippen LogP contribution in [0.3, 0.4) is 0 Å². The van der Waals surface area contributed by atoms with Crippen LogP contribution < -0.4 is 11.1 Å². The lowest BCUT2D eigenvalue weighted by Crippen LogP contribution is -2.22. The predicted molar refractivity (Wildman–Crippen MR) is 88.2 cm³/mol. The van der Waals surface area contributed by atoms with Gasteiger partial charge in [-0.05, 0) is 47.7 Å². The van der Waals surface area contributed by atoms with E-state index >= 15 is 0 Å². The van der Waals surface area contributed by atoms with Crippen LogP contribution in [0.15, 0.2) is 10.7 Å². The average molecular weight is 383 g/mol. The van der Waals surface area contributed by atoms with Crippen molar-refractivity contribution in [3.63, 3.8) is 0 Å². The first-order valence-corrected chi connectivity index (χ1v) is 8.50. The lowest BCUT2D eigenvalue weighted by atomic mass is 10.1. The molecule has 0 bridgehead atoms. The van der Waals surface area contributed by atoms with Gasteiger partial charge in [0.2, 0.25) is 5.91 Å². The van der Waals surface area contributed by atoms with Gasteiger partial charge in [-0.25, -0.2) is 0 Å². The van der Waals surface area contributed by atoms with Gasteiger partial charge in [0, 0.05) is 4.88 Å². The van der Waals surface area contributed by atoms with Crippen LogP contribution in [0.25, 0.3) is 0 Å². The molecular formula is C14H15BrN4O2S. The van der Waals surface area contributed by atoms with Crippen LogP contribution in [0, 0.1) is 6.92 Å². The summed E-state index contributed by atoms with van der Waals surface area (Å²) in [7, 11) is 0. The van der Waals surface area contributed by atoms with Gasteiger partial charge in [0.15, 0.2) is 0 Å². The second-order valence-corrected chi connectivity index (χ2v) is 7.17. The maximum Gasteiger partial charge on any atom is 0.251 e. The van der Waals surface area contributed by atoms with E-state index in [1.807, 2.05) is 6.92 Å². The van der Waals surface area contributed by atoms with Crippen molar-refractivity contribution in [2.75, 3.05) is 5.32 Å². The molecule has 3 N–H and O–H groups in total. The van der Waals surface area contributed by atoms with Crippen LogP contribution in [-0.2, 0) is 24.2 Å². The molecule has 2 aromatic rings. The topological polar surface area (TPSA) is 90.0 Å². The molecule has 0 spiro atoms. The fourth-order valence-electron chi connectivity index (χ4n) is 2.64. The summed E-state index contributed by atoms with van der Waals surface area (Å²) in [5.41, 5.74) is 7.84. The van der Waals surface area contributed by atoms with Gasteiger partial charge in [-0.1, -0.05) is 0 Å². The Labute approximate surface area is 139 Å². The van der Waals surface area contributed by atoms with Crippen molar-refractivity contribution in [3.05, 3.63) is 32.4 Å². The number of aromatic nitrogens is 2. The Hall–Kier alpha value is -1.67. The van der Waals surface area contributed by atoms with E-state index in [1.54, 1.807) is 10.9 Å². The summed E-state index contributed by atoms with van der Waals surface area (Å²) in [5, 5.41) is 7.50. The van der Waals surface area contributed by atoms with E-state index in [0.29, 0.717) is 10.6 Å². The first-order chi connectivity index (χ1) is 10.5. The monoisotopic (exact) mass is 382 g/mol. The Morgan fingerprint density at radius 3 is 2.91 bits per heavy atom. The van der Waals surface area contributed by atoms with Crippen LogP contribution >= 0.6 is 27.3 Å². The minimum absolute atomic E-state index is 0.0954. The summed E-state index contributed by atoms with van der Waals surface area (Å²) in [6.07, 6.45) is 4.49. The van der Waals surface area contributed by atoms with Gasteiger partial charge in [0.25, 0.3) is 5.91 Å². The molecule has 116 valence electrons. The fourth-order valence-corrected chi connectivity index (χ4v) is 4.25. The number of hydrogen-bond acceptors (Lipinski definition) is 4. The largest absolute Gasteiger partial charge is 0.365 e. The lowest BCUT2D eigenvalue weighted by Gasteiger charge is -2.07. The van der Waals surface area contributed by atoms with Gasteiger partial charge < -0.3 is 11.1 Å². The highest BCUT2D eigenvalue weighted by molar-refractivity contribution is 9.10. The number of carbonyl (C=O) groups is 2. The first kappa shape index (κ1) is 15.2. The summed E-state index contributed by atoms with van der Waals surface area (Å²) >= 11 is 4.81. The number of nitrogens with one attached hydrogen (secondary N) is 1. The van der Waals surface area contributed by atoms with Gasteiger partial charge in [-0.15, -0.1) is 11.3 Å². The highest BCUT2D eigenvalue weighted by atomic mass is 79.9. The fraction of sp³-hybridized carbons (Fsp3) is 0.357. The molecule has 2 aromatic heterocycles. The van der Waals surface area contributed by atoms with Gasteiger partial charge in [0.1, 0.15) is 11.5 Å². The summed E-state index contributed by atoms with van der Waals surface area (Å²) < 4.78 is 2.46. The Morgan fingerprint density at radius 1 is 1.50 bits per heavy atom. The van der Waals surface area contributed by atoms with Crippen molar-refractivity contribution in [2.45, 2.75) is 32.7 Å². The second-order valence-electron chi connectivity index (χ2n) is 5.21. The molecule has 0 aliphatic heterocycles. The van der Waals surface area contributed by atoms with E-state index in [4.69, 9.17) is 5.73 Å². The number of nitrogens with two attached hydrogens (primary N) is 1. The number of nitrogens with zero attached hydrogens (tertiary/aromatic N) is 2. The molecule has 0 saturated heterocycles. The van der Waals surface area contributed by atoms with Crippen molar-refractivity contribution >= 4 is 44.1 Å². The van der Waals surface area contributed by atoms with E-state index in [-0.39, 0.29) is 12.5 Å². The number of anilines is 1. The summed E-state index contributed by atoms with van der Waals surface area (Å²) in [6.45, 7) is 1.97. The number of amides is 2. The SMILES string of the molecule is Cc1c(Br)cnn1CC(=O)Nc1sc2c(c1C(N)=O)CCC2. The summed E-state index contributed by atoms with van der Waals surface area (Å²) in [4.78, 5) is 25.1. The molecule has 2 amide bonds. The van der Waals surface area contributed by atoms with E-state index in [2.05, 4.69) is 26.3 Å². The number of hydrogen-bond donors (Lipinski definition) is 2. The average Bonchev–Trinajstić information content (AvgIpc) is 3.08. The van der Waals surface area contributed by atoms with E-state index < -0.39 is 5.91 Å². The second kappa shape index (κ2) is 5.85. The van der Waals surface area contributed by atoms with Crippen LogP contribution in [0.5, 0.6) is 0 Å². The molecule has 0 saturated carbocycles. The minimum atomic E-state index is -0.479. The summed E-state index contributed by atoms with van der Waals surface area (Å²) in [5.74, 6) is -0.700. The normalized spacial score (nSPS) is 13.2. The zero-order chi connectivity index (χ0) is 15.9. The van der Waals surface area contributed by atoms with Crippen molar-refractivity contribution in [2.24, 2.45) is 5.73 Å². The van der Waals surface area contributed by atoms with Crippen molar-refractivity contribution in [1.82, 2.24) is 9.78 Å². The maximum atomic E-state index is 12.2. The van der Waals surface area contributed by atoms with Crippen molar-refractivity contribution in [1.29, 1.82) is 0 Å². The van der Waals surface area contributed by atoms with Gasteiger partial charge in [-0.2, -0.15) is 5.10 Å². The third-order valence-corrected chi connectivity index (χ3v) is 5.74. The number of aryl methyl sites for hydroxylation is 1. The zero-order valence-corrected chi connectivity index (χ0v) is 14.4. The van der Waals surface area contributed by atoms with Crippen LogP contribution in [0.4, 0.5) is 5.00 Å². The smallest absolute Gasteiger partial charge is 0.251 e. The van der Waals surface area contributed by atoms with Crippen LogP contribution in [0.2, 0.25) is 0 Å². The van der Waals surface area contributed by atoms with Crippen LogP contribution in [0.1, 0.15) is 32.9 Å². The molecule has 1 aliphatic carbocycles. The molecule has 6 nitrogen and oxygen atoms in total. The number of thiophene rings is 1. The molecule has 22 heavy (non-hydrogen) atoms. The Bertz CT molecular complexity index is 765. The number of primary amides is 1. The first-order valence-electron chi connectivity index (χ1n) is 6.89. The molecule has 8 heteroatoms. The van der Waals surface area contributed by atoms with Crippen molar-refractivity contribution in [3.8, 4) is 0 Å². The number of rotatable bonds is 4. The van der Waals surface area contributed by atoms with Gasteiger partial charge in [-0.3, -0.25) is 14.3 Å². The lowest BCUT2D eigenvalue weighted by molar-refractivity contribution is -0.116. The Kier molecular flexibility index (Phi) is 4.05. The third kappa shape index (κ3) is 2.68. The molecule has 0 aromatic carbocycles. The van der Waals surface area contributed by atoms with Crippen LogP contribution in [-0.4, -0.2) is 21.6 Å². The van der Waals surface area contributed by atoms with Crippen molar-refractivity contribution < 1.29 is 9.59 Å². The molecule has 0 atom stereocenters. The third-order valence-electron chi connectivity index (χ3n) is 3.76. The van der Waals surface area contributed by atoms with Gasteiger partial charge >= 0.3 is 0 Å². The highest BCUT2D eigenvalue weighted by Crippen LogP contribution is 2.38. The molecule has 1 aliphatic rings. The summed E-state index contributed by atoms with van der Waals surface area (Å²) in [6, 6.07) is 0. The Balaban J connectivity index is 1.80. The maximum absolute atomic E-state index is 12.2. The minimum Gasteiger partial charge on any atom is -0.365 e. The molecule has 0 fully saturated rings. The van der Waals surface area contributed by atoms with E-state index in [9.17, 15) is 9.59 Å². The standard InChI is InChI=1S/C14H15BrN4O2S/c1-7-9(15)5-17-19(7)6-11(20)18-14-12(13(16)21)8-3-2-4-10(8)22-14/h5H,2-4,6H2,1H3,(H2,16,21)(H,18,20). The molecular weight excluding hydrogens is 368 g/mol. The number of carbonyl (C=O) groups excluding carboxylic acids is 2. The number of halogens is 1.